The maximum atomic E-state index is 12.8. The summed E-state index contributed by atoms with van der Waals surface area (Å²) in [6.07, 6.45) is 91.5. The molecule has 0 heterocycles. The molecule has 0 saturated carbocycles. The van der Waals surface area contributed by atoms with E-state index in [9.17, 15) is 14.4 Å². The first-order valence-corrected chi connectivity index (χ1v) is 33.4. The van der Waals surface area contributed by atoms with E-state index < -0.39 is 6.10 Å². The van der Waals surface area contributed by atoms with Gasteiger partial charge in [-0.1, -0.05) is 297 Å². The molecule has 0 N–H and O–H groups in total. The Balaban J connectivity index is 4.04. The minimum Gasteiger partial charge on any atom is -0.462 e. The lowest BCUT2D eigenvalue weighted by atomic mass is 10.0. The normalized spacial score (nSPS) is 12.8. The van der Waals surface area contributed by atoms with Crippen molar-refractivity contribution in [1.82, 2.24) is 0 Å². The quantitative estimate of drug-likeness (QED) is 0.0261. The zero-order chi connectivity index (χ0) is 57.1. The molecule has 0 aromatic carbocycles. The van der Waals surface area contributed by atoms with E-state index >= 15 is 0 Å². The van der Waals surface area contributed by atoms with Crippen molar-refractivity contribution in [1.29, 1.82) is 0 Å². The molecule has 0 aromatic rings. The van der Waals surface area contributed by atoms with Gasteiger partial charge >= 0.3 is 17.9 Å². The van der Waals surface area contributed by atoms with E-state index in [4.69, 9.17) is 14.2 Å². The molecule has 0 aliphatic rings. The Kier molecular flexibility index (Phi) is 63.3. The van der Waals surface area contributed by atoms with Gasteiger partial charge in [0.2, 0.25) is 0 Å². The topological polar surface area (TPSA) is 78.9 Å². The van der Waals surface area contributed by atoms with Crippen molar-refractivity contribution in [2.24, 2.45) is 0 Å². The first-order chi connectivity index (χ1) is 39.0. The number of unbranched alkanes of at least 4 members (excludes halogenated alkanes) is 31. The maximum Gasteiger partial charge on any atom is 0.306 e. The van der Waals surface area contributed by atoms with Crippen LogP contribution in [-0.4, -0.2) is 37.2 Å². The zero-order valence-corrected chi connectivity index (χ0v) is 51.9. The van der Waals surface area contributed by atoms with E-state index in [2.05, 4.69) is 130 Å². The molecule has 79 heavy (non-hydrogen) atoms. The SMILES string of the molecule is CC/C=C\C/C=C\C/C=C\C/C=C\C/C=C\C/C=C\CCCCCCCCCCCCCCC(=O)OCC(COC(=O)CCCCCCC)OC(=O)CCCCCCCCCCCC/C=C\C/C=C\C/C=C\CCCCCCC. The number of rotatable bonds is 60. The molecule has 452 valence electrons. The van der Waals surface area contributed by atoms with E-state index in [0.717, 1.165) is 116 Å². The van der Waals surface area contributed by atoms with Gasteiger partial charge in [-0.3, -0.25) is 14.4 Å². The molecule has 1 atom stereocenters. The lowest BCUT2D eigenvalue weighted by Gasteiger charge is -2.18. The van der Waals surface area contributed by atoms with Gasteiger partial charge in [-0.15, -0.1) is 0 Å². The fraction of sp³-hybridized carbons (Fsp3) is 0.712. The molecule has 0 aromatic heterocycles. The lowest BCUT2D eigenvalue weighted by molar-refractivity contribution is -0.167. The third kappa shape index (κ3) is 64.8. The maximum absolute atomic E-state index is 12.8. The summed E-state index contributed by atoms with van der Waals surface area (Å²) >= 11 is 0. The van der Waals surface area contributed by atoms with Crippen molar-refractivity contribution in [3.63, 3.8) is 0 Å². The number of esters is 3. The third-order valence-corrected chi connectivity index (χ3v) is 14.3. The van der Waals surface area contributed by atoms with Gasteiger partial charge in [-0.2, -0.15) is 0 Å². The summed E-state index contributed by atoms with van der Waals surface area (Å²) in [6, 6.07) is 0. The third-order valence-electron chi connectivity index (χ3n) is 14.3. The Bertz CT molecular complexity index is 1590. The minimum absolute atomic E-state index is 0.0795. The van der Waals surface area contributed by atoms with Gasteiger partial charge < -0.3 is 14.2 Å². The van der Waals surface area contributed by atoms with Crippen LogP contribution in [0.5, 0.6) is 0 Å². The highest BCUT2D eigenvalue weighted by Crippen LogP contribution is 2.16. The highest BCUT2D eigenvalue weighted by molar-refractivity contribution is 5.71. The monoisotopic (exact) mass is 1100 g/mol. The molecule has 0 bridgehead atoms. The van der Waals surface area contributed by atoms with Crippen LogP contribution in [0.15, 0.2) is 109 Å². The van der Waals surface area contributed by atoms with Crippen LogP contribution in [0.3, 0.4) is 0 Å². The van der Waals surface area contributed by atoms with Crippen LogP contribution in [-0.2, 0) is 28.6 Å². The second-order valence-corrected chi connectivity index (χ2v) is 22.0. The first kappa shape index (κ1) is 75.1. The Hall–Kier alpha value is -3.93. The predicted molar refractivity (Wildman–Crippen MR) is 343 cm³/mol. The summed E-state index contributed by atoms with van der Waals surface area (Å²) in [6.45, 7) is 6.45. The molecule has 0 saturated heterocycles. The van der Waals surface area contributed by atoms with Crippen molar-refractivity contribution in [3.05, 3.63) is 109 Å². The molecule has 0 rings (SSSR count). The number of carbonyl (C=O) groups excluding carboxylic acids is 3. The molecule has 0 fully saturated rings. The Morgan fingerprint density at radius 1 is 0.266 bits per heavy atom. The minimum atomic E-state index is -0.779. The van der Waals surface area contributed by atoms with Gasteiger partial charge in [0.1, 0.15) is 13.2 Å². The van der Waals surface area contributed by atoms with Gasteiger partial charge in [0.15, 0.2) is 6.10 Å². The lowest BCUT2D eigenvalue weighted by Crippen LogP contribution is -2.30. The molecule has 0 spiro atoms. The highest BCUT2D eigenvalue weighted by atomic mass is 16.6. The van der Waals surface area contributed by atoms with E-state index in [1.807, 2.05) is 0 Å². The van der Waals surface area contributed by atoms with Gasteiger partial charge in [-0.05, 0) is 109 Å². The van der Waals surface area contributed by atoms with Crippen LogP contribution < -0.4 is 0 Å². The number of hydrogen-bond acceptors (Lipinski definition) is 6. The molecular weight excluding hydrogens is 973 g/mol. The van der Waals surface area contributed by atoms with Crippen LogP contribution in [0, 0.1) is 0 Å². The number of allylic oxidation sites excluding steroid dienone is 18. The fourth-order valence-electron chi connectivity index (χ4n) is 9.28. The number of ether oxygens (including phenoxy) is 3. The molecule has 0 aliphatic carbocycles. The summed E-state index contributed by atoms with van der Waals surface area (Å²) in [5, 5.41) is 0. The second kappa shape index (κ2) is 66.6. The van der Waals surface area contributed by atoms with E-state index in [-0.39, 0.29) is 31.1 Å². The second-order valence-electron chi connectivity index (χ2n) is 22.0. The van der Waals surface area contributed by atoms with Crippen molar-refractivity contribution in [3.8, 4) is 0 Å². The van der Waals surface area contributed by atoms with E-state index in [1.54, 1.807) is 0 Å². The van der Waals surface area contributed by atoms with Crippen molar-refractivity contribution >= 4 is 17.9 Å². The van der Waals surface area contributed by atoms with Crippen LogP contribution in [0.1, 0.15) is 316 Å². The molecular formula is C73H124O6. The van der Waals surface area contributed by atoms with Crippen LogP contribution >= 0.6 is 0 Å². The van der Waals surface area contributed by atoms with Crippen molar-refractivity contribution < 1.29 is 28.6 Å². The highest BCUT2D eigenvalue weighted by Gasteiger charge is 2.19. The molecule has 0 radical (unpaired) electrons. The van der Waals surface area contributed by atoms with E-state index in [0.29, 0.717) is 19.3 Å². The number of hydrogen-bond donors (Lipinski definition) is 0. The van der Waals surface area contributed by atoms with Crippen LogP contribution in [0.4, 0.5) is 0 Å². The van der Waals surface area contributed by atoms with Gasteiger partial charge in [0.25, 0.3) is 0 Å². The fourth-order valence-corrected chi connectivity index (χ4v) is 9.28. The van der Waals surface area contributed by atoms with E-state index in [1.165, 1.54) is 161 Å². The molecule has 0 amide bonds. The average molecular weight is 1100 g/mol. The summed E-state index contributed by atoms with van der Waals surface area (Å²) in [5.74, 6) is -0.891. The molecule has 0 aliphatic heterocycles. The zero-order valence-electron chi connectivity index (χ0n) is 51.9. The summed E-state index contributed by atoms with van der Waals surface area (Å²) < 4.78 is 16.8. The van der Waals surface area contributed by atoms with Crippen molar-refractivity contribution in [2.45, 2.75) is 322 Å². The smallest absolute Gasteiger partial charge is 0.306 e. The van der Waals surface area contributed by atoms with Crippen LogP contribution in [0.2, 0.25) is 0 Å². The average Bonchev–Trinajstić information content (AvgIpc) is 3.45. The van der Waals surface area contributed by atoms with Crippen molar-refractivity contribution in [2.75, 3.05) is 13.2 Å². The molecule has 6 nitrogen and oxygen atoms in total. The summed E-state index contributed by atoms with van der Waals surface area (Å²) in [4.78, 5) is 38.0. The summed E-state index contributed by atoms with van der Waals surface area (Å²) in [7, 11) is 0. The Labute approximate surface area is 489 Å². The first-order valence-electron chi connectivity index (χ1n) is 33.4. The predicted octanol–water partition coefficient (Wildman–Crippen LogP) is 23.0. The standard InChI is InChI=1S/C73H124O6/c1-4-7-10-13-15-17-19-21-23-25-27-29-31-33-34-35-36-37-38-40-41-43-45-47-49-51-53-55-57-60-63-66-72(75)78-69-70(68-77-71(74)65-62-59-12-9-6-3)79-73(76)67-64-61-58-56-54-52-50-48-46-44-42-39-32-30-28-26-24-22-20-18-16-14-11-8-5-2/h7,10,15,17,20-23,26-29,32-34,36-37,39,70H,4-6,8-9,11-14,16,18-19,24-25,30-31,35,38,40-69H2,1-3H3/b10-7-,17-15-,22-20-,23-21-,28-26-,29-27-,34-33-,37-36-,39-32-. The Morgan fingerprint density at radius 2 is 0.494 bits per heavy atom. The van der Waals surface area contributed by atoms with Gasteiger partial charge in [0.05, 0.1) is 0 Å². The molecule has 1 unspecified atom stereocenters. The summed E-state index contributed by atoms with van der Waals surface area (Å²) in [5.41, 5.74) is 0. The Morgan fingerprint density at radius 3 is 0.772 bits per heavy atom. The molecule has 6 heteroatoms. The van der Waals surface area contributed by atoms with Gasteiger partial charge in [-0.25, -0.2) is 0 Å². The largest absolute Gasteiger partial charge is 0.462 e. The van der Waals surface area contributed by atoms with Gasteiger partial charge in [0, 0.05) is 19.3 Å². The van der Waals surface area contributed by atoms with Crippen LogP contribution in [0.25, 0.3) is 0 Å². The number of carbonyl (C=O) groups is 3.